The highest BCUT2D eigenvalue weighted by atomic mass is 16.2. The maximum Gasteiger partial charge on any atom is 0.225 e. The topological polar surface area (TPSA) is 83.1 Å². The number of nitrogens with two attached hydrogens (primary N) is 1. The first-order valence-corrected chi connectivity index (χ1v) is 10.0. The van der Waals surface area contributed by atoms with Gasteiger partial charge in [0.2, 0.25) is 5.91 Å². The van der Waals surface area contributed by atoms with Gasteiger partial charge in [0.05, 0.1) is 12.0 Å². The molecule has 2 atom stereocenters. The molecule has 0 radical (unpaired) electrons. The Morgan fingerprint density at radius 1 is 1.41 bits per heavy atom. The monoisotopic (exact) mass is 369 g/mol. The SMILES string of the molecule is C=C1/C(CC)=C(N)\N=C/C(C)/N=C\C=C/1N1CCCC(C(=O)NC2CC2)C1. The average molecular weight is 370 g/mol. The van der Waals surface area contributed by atoms with Crippen molar-refractivity contribution in [2.75, 3.05) is 13.1 Å². The highest BCUT2D eigenvalue weighted by Gasteiger charge is 2.31. The number of amides is 1. The van der Waals surface area contributed by atoms with E-state index in [1.807, 2.05) is 19.2 Å². The molecule has 2 aliphatic heterocycles. The van der Waals surface area contributed by atoms with Crippen LogP contribution < -0.4 is 11.1 Å². The fraction of sp³-hybridized carbons (Fsp3) is 0.571. The molecule has 1 aliphatic carbocycles. The van der Waals surface area contributed by atoms with Gasteiger partial charge >= 0.3 is 0 Å². The van der Waals surface area contributed by atoms with Crippen LogP contribution in [-0.4, -0.2) is 48.4 Å². The zero-order valence-electron chi connectivity index (χ0n) is 16.4. The van der Waals surface area contributed by atoms with E-state index in [4.69, 9.17) is 5.73 Å². The number of hydrogen-bond acceptors (Lipinski definition) is 5. The van der Waals surface area contributed by atoms with Gasteiger partial charge in [-0.15, -0.1) is 0 Å². The molecule has 0 aromatic rings. The molecule has 0 aromatic heterocycles. The maximum atomic E-state index is 12.5. The number of nitrogens with zero attached hydrogens (tertiary/aromatic N) is 3. The van der Waals surface area contributed by atoms with E-state index in [9.17, 15) is 4.79 Å². The predicted molar refractivity (Wildman–Crippen MR) is 111 cm³/mol. The van der Waals surface area contributed by atoms with Crippen molar-refractivity contribution in [3.8, 4) is 0 Å². The number of hydrogen-bond donors (Lipinski definition) is 2. The number of allylic oxidation sites excluding steroid dienone is 2. The standard InChI is InChI=1S/C21H31N5O/c1-4-18-15(3)19(9-10-23-14(2)12-24-20(18)22)26-11-5-6-16(13-26)21(27)25-17-7-8-17/h9-10,12,14,16-17H,3-8,11,13,22H2,1-2H3,(H,25,27)/b19-9+,20-18-,23-10-,24-12-. The summed E-state index contributed by atoms with van der Waals surface area (Å²) in [4.78, 5) is 23.7. The number of nitrogens with one attached hydrogen (secondary N) is 1. The van der Waals surface area contributed by atoms with Gasteiger partial charge in [0, 0.05) is 42.8 Å². The van der Waals surface area contributed by atoms with Gasteiger partial charge in [-0.25, -0.2) is 4.99 Å². The Morgan fingerprint density at radius 2 is 2.19 bits per heavy atom. The van der Waals surface area contributed by atoms with Crippen LogP contribution in [0.25, 0.3) is 0 Å². The van der Waals surface area contributed by atoms with Gasteiger partial charge in [0.25, 0.3) is 0 Å². The van der Waals surface area contributed by atoms with Crippen molar-refractivity contribution in [2.24, 2.45) is 21.6 Å². The predicted octanol–water partition coefficient (Wildman–Crippen LogP) is 2.54. The van der Waals surface area contributed by atoms with Crippen LogP contribution in [0.15, 0.2) is 45.3 Å². The molecule has 146 valence electrons. The van der Waals surface area contributed by atoms with Crippen LogP contribution in [0.4, 0.5) is 0 Å². The largest absolute Gasteiger partial charge is 0.383 e. The lowest BCUT2D eigenvalue weighted by atomic mass is 9.93. The molecule has 0 aromatic carbocycles. The van der Waals surface area contributed by atoms with Gasteiger partial charge in [0.15, 0.2) is 0 Å². The Bertz CT molecular complexity index is 714. The molecule has 2 heterocycles. The quantitative estimate of drug-likeness (QED) is 0.799. The van der Waals surface area contributed by atoms with E-state index in [2.05, 4.69) is 33.7 Å². The van der Waals surface area contributed by atoms with Crippen molar-refractivity contribution < 1.29 is 4.79 Å². The molecule has 1 saturated carbocycles. The molecule has 0 bridgehead atoms. The van der Waals surface area contributed by atoms with Crippen LogP contribution >= 0.6 is 0 Å². The van der Waals surface area contributed by atoms with Gasteiger partial charge in [-0.1, -0.05) is 13.5 Å². The van der Waals surface area contributed by atoms with Gasteiger partial charge in [-0.05, 0) is 50.7 Å². The van der Waals surface area contributed by atoms with Crippen LogP contribution in [0.1, 0.15) is 46.0 Å². The maximum absolute atomic E-state index is 12.5. The van der Waals surface area contributed by atoms with Gasteiger partial charge < -0.3 is 16.0 Å². The molecular formula is C21H31N5O. The molecule has 6 heteroatoms. The second-order valence-electron chi connectivity index (χ2n) is 7.63. The first-order chi connectivity index (χ1) is 13.0. The number of carbonyl (C=O) groups is 1. The summed E-state index contributed by atoms with van der Waals surface area (Å²) in [5, 5.41) is 3.15. The van der Waals surface area contributed by atoms with Gasteiger partial charge in [-0.3, -0.25) is 9.79 Å². The number of piperidine rings is 1. The smallest absolute Gasteiger partial charge is 0.225 e. The lowest BCUT2D eigenvalue weighted by molar-refractivity contribution is -0.126. The molecule has 2 fully saturated rings. The molecule has 3 rings (SSSR count). The highest BCUT2D eigenvalue weighted by molar-refractivity contribution is 5.80. The summed E-state index contributed by atoms with van der Waals surface area (Å²) >= 11 is 0. The Kier molecular flexibility index (Phi) is 6.14. The minimum Gasteiger partial charge on any atom is -0.383 e. The van der Waals surface area contributed by atoms with Crippen LogP contribution in [0, 0.1) is 5.92 Å². The third kappa shape index (κ3) is 4.87. The van der Waals surface area contributed by atoms with Crippen molar-refractivity contribution in [1.29, 1.82) is 0 Å². The van der Waals surface area contributed by atoms with Gasteiger partial charge in [0.1, 0.15) is 5.82 Å². The van der Waals surface area contributed by atoms with Crippen molar-refractivity contribution in [2.45, 2.75) is 58.0 Å². The zero-order chi connectivity index (χ0) is 19.4. The van der Waals surface area contributed by atoms with E-state index in [1.165, 1.54) is 0 Å². The van der Waals surface area contributed by atoms with E-state index >= 15 is 0 Å². The summed E-state index contributed by atoms with van der Waals surface area (Å²) in [5.74, 6) is 0.701. The Hall–Kier alpha value is -2.37. The molecular weight excluding hydrogens is 338 g/mol. The van der Waals surface area contributed by atoms with Gasteiger partial charge in [-0.2, -0.15) is 0 Å². The van der Waals surface area contributed by atoms with Crippen molar-refractivity contribution in [1.82, 2.24) is 10.2 Å². The third-order valence-electron chi connectivity index (χ3n) is 5.38. The normalized spacial score (nSPS) is 33.8. The average Bonchev–Trinajstić information content (AvgIpc) is 3.47. The van der Waals surface area contributed by atoms with E-state index < -0.39 is 0 Å². The second-order valence-corrected chi connectivity index (χ2v) is 7.63. The number of rotatable bonds is 4. The summed E-state index contributed by atoms with van der Waals surface area (Å²) in [5.41, 5.74) is 9.03. The molecule has 3 N–H and O–H groups in total. The minimum absolute atomic E-state index is 0.0174. The van der Waals surface area contributed by atoms with E-state index in [0.717, 1.165) is 55.5 Å². The lowest BCUT2D eigenvalue weighted by Gasteiger charge is -2.36. The van der Waals surface area contributed by atoms with Crippen molar-refractivity contribution in [3.63, 3.8) is 0 Å². The summed E-state index contributed by atoms with van der Waals surface area (Å²) in [6.45, 7) is 9.95. The molecule has 2 unspecified atom stereocenters. The second kappa shape index (κ2) is 8.55. The van der Waals surface area contributed by atoms with Crippen molar-refractivity contribution in [3.05, 3.63) is 35.3 Å². The summed E-state index contributed by atoms with van der Waals surface area (Å²) < 4.78 is 0. The fourth-order valence-corrected chi connectivity index (χ4v) is 3.61. The van der Waals surface area contributed by atoms with Crippen LogP contribution in [0.5, 0.6) is 0 Å². The molecule has 27 heavy (non-hydrogen) atoms. The Labute approximate surface area is 162 Å². The number of carbonyl (C=O) groups excluding carboxylic acids is 1. The van der Waals surface area contributed by atoms with E-state index in [0.29, 0.717) is 18.4 Å². The highest BCUT2D eigenvalue weighted by Crippen LogP contribution is 2.30. The van der Waals surface area contributed by atoms with Crippen LogP contribution in [0.3, 0.4) is 0 Å². The van der Waals surface area contributed by atoms with Crippen LogP contribution in [0.2, 0.25) is 0 Å². The molecule has 1 amide bonds. The van der Waals surface area contributed by atoms with E-state index in [-0.39, 0.29) is 17.9 Å². The summed E-state index contributed by atoms with van der Waals surface area (Å²) in [6, 6.07) is 0.362. The first-order valence-electron chi connectivity index (χ1n) is 10.0. The van der Waals surface area contributed by atoms with E-state index in [1.54, 1.807) is 6.21 Å². The van der Waals surface area contributed by atoms with Crippen molar-refractivity contribution >= 4 is 18.3 Å². The molecule has 3 aliphatic rings. The fourth-order valence-electron chi connectivity index (χ4n) is 3.61. The Morgan fingerprint density at radius 3 is 2.89 bits per heavy atom. The third-order valence-corrected chi connectivity index (χ3v) is 5.38. The number of likely N-dealkylation sites (tertiary alicyclic amines) is 1. The summed E-state index contributed by atoms with van der Waals surface area (Å²) in [6.07, 6.45) is 10.5. The first kappa shape index (κ1) is 19.4. The molecule has 0 spiro atoms. The molecule has 1 saturated heterocycles. The minimum atomic E-state index is -0.0380. The Balaban J connectivity index is 1.83. The lowest BCUT2D eigenvalue weighted by Crippen LogP contribution is -2.43. The zero-order valence-corrected chi connectivity index (χ0v) is 16.4. The van der Waals surface area contributed by atoms with Crippen LogP contribution in [-0.2, 0) is 4.79 Å². The molecule has 6 nitrogen and oxygen atoms in total. The summed E-state index contributed by atoms with van der Waals surface area (Å²) in [7, 11) is 0. The number of aliphatic imine (C=N–C) groups is 2.